The molecule has 1 aromatic heterocycles. The van der Waals surface area contributed by atoms with Crippen molar-refractivity contribution in [1.82, 2.24) is 0 Å². The molecule has 20 heavy (non-hydrogen) atoms. The molecule has 1 saturated carbocycles. The average molecular weight is 296 g/mol. The smallest absolute Gasteiger partial charge is 0.341 e. The number of esters is 1. The number of aryl methyl sites for hydroxylation is 1. The number of carbonyl (C=O) groups excluding carboxylic acids is 2. The van der Waals surface area contributed by atoms with E-state index >= 15 is 0 Å². The molecule has 110 valence electrons. The fourth-order valence-corrected chi connectivity index (χ4v) is 2.97. The van der Waals surface area contributed by atoms with Crippen LogP contribution in [0.25, 0.3) is 0 Å². The number of nitrogens with one attached hydrogen (secondary N) is 1. The number of rotatable bonds is 5. The number of ether oxygens (including phenoxy) is 1. The van der Waals surface area contributed by atoms with Gasteiger partial charge in [0.1, 0.15) is 5.00 Å². The summed E-state index contributed by atoms with van der Waals surface area (Å²) in [6.45, 7) is 5.67. The van der Waals surface area contributed by atoms with Crippen molar-refractivity contribution >= 4 is 28.2 Å². The first kappa shape index (κ1) is 15.0. The Kier molecular flexibility index (Phi) is 4.15. The van der Waals surface area contributed by atoms with Crippen LogP contribution in [-0.2, 0) is 9.53 Å². The predicted octanol–water partition coefficient (Wildman–Crippen LogP) is 2.30. The zero-order valence-corrected chi connectivity index (χ0v) is 12.8. The van der Waals surface area contributed by atoms with Crippen molar-refractivity contribution in [2.75, 3.05) is 11.9 Å². The standard InChI is InChI=1S/C14H20N2O3S/c1-4-19-12(17)10-7-8(2)20-11(10)16-13(18)14(3,15)9-5-6-9/h7,9H,4-6,15H2,1-3H3,(H,16,18). The van der Waals surface area contributed by atoms with Gasteiger partial charge in [-0.1, -0.05) is 0 Å². The van der Waals surface area contributed by atoms with Crippen LogP contribution >= 0.6 is 11.3 Å². The fourth-order valence-electron chi connectivity index (χ4n) is 2.07. The fraction of sp³-hybridized carbons (Fsp3) is 0.571. The van der Waals surface area contributed by atoms with Gasteiger partial charge in [0.2, 0.25) is 5.91 Å². The highest BCUT2D eigenvalue weighted by Gasteiger charge is 2.44. The zero-order valence-electron chi connectivity index (χ0n) is 12.0. The summed E-state index contributed by atoms with van der Waals surface area (Å²) < 4.78 is 4.99. The monoisotopic (exact) mass is 296 g/mol. The Morgan fingerprint density at radius 2 is 2.20 bits per heavy atom. The van der Waals surface area contributed by atoms with E-state index in [9.17, 15) is 9.59 Å². The van der Waals surface area contributed by atoms with Crippen LogP contribution in [0, 0.1) is 12.8 Å². The topological polar surface area (TPSA) is 81.4 Å². The van der Waals surface area contributed by atoms with E-state index in [4.69, 9.17) is 10.5 Å². The zero-order chi connectivity index (χ0) is 14.9. The Morgan fingerprint density at radius 3 is 2.75 bits per heavy atom. The lowest BCUT2D eigenvalue weighted by Gasteiger charge is -2.22. The molecule has 0 spiro atoms. The molecule has 1 heterocycles. The van der Waals surface area contributed by atoms with Gasteiger partial charge in [-0.15, -0.1) is 11.3 Å². The van der Waals surface area contributed by atoms with Gasteiger partial charge in [0.05, 0.1) is 17.7 Å². The normalized spacial score (nSPS) is 17.4. The molecule has 2 rings (SSSR count). The second-order valence-electron chi connectivity index (χ2n) is 5.33. The van der Waals surface area contributed by atoms with E-state index in [0.717, 1.165) is 17.7 Å². The highest BCUT2D eigenvalue weighted by Crippen LogP contribution is 2.39. The van der Waals surface area contributed by atoms with Gasteiger partial charge in [0.25, 0.3) is 0 Å². The number of hydrogen-bond acceptors (Lipinski definition) is 5. The summed E-state index contributed by atoms with van der Waals surface area (Å²) in [5.74, 6) is -0.431. The van der Waals surface area contributed by atoms with Crippen LogP contribution in [0.1, 0.15) is 41.9 Å². The minimum atomic E-state index is -0.885. The second-order valence-corrected chi connectivity index (χ2v) is 6.59. The number of hydrogen-bond donors (Lipinski definition) is 2. The van der Waals surface area contributed by atoms with Crippen molar-refractivity contribution in [2.45, 2.75) is 39.2 Å². The minimum absolute atomic E-state index is 0.231. The van der Waals surface area contributed by atoms with Gasteiger partial charge >= 0.3 is 5.97 Å². The summed E-state index contributed by atoms with van der Waals surface area (Å²) in [7, 11) is 0. The van der Waals surface area contributed by atoms with Crippen LogP contribution < -0.4 is 11.1 Å². The number of carbonyl (C=O) groups is 2. The quantitative estimate of drug-likeness (QED) is 0.817. The molecule has 1 fully saturated rings. The number of thiophene rings is 1. The maximum Gasteiger partial charge on any atom is 0.341 e. The molecule has 6 heteroatoms. The molecule has 1 atom stereocenters. The first-order valence-electron chi connectivity index (χ1n) is 6.74. The molecule has 0 aromatic carbocycles. The summed E-state index contributed by atoms with van der Waals surface area (Å²) >= 11 is 1.36. The Balaban J connectivity index is 2.16. The molecule has 1 unspecified atom stereocenters. The molecule has 0 radical (unpaired) electrons. The van der Waals surface area contributed by atoms with Crippen molar-refractivity contribution in [1.29, 1.82) is 0 Å². The highest BCUT2D eigenvalue weighted by molar-refractivity contribution is 7.16. The molecular weight excluding hydrogens is 276 g/mol. The molecule has 1 aliphatic carbocycles. The third-order valence-electron chi connectivity index (χ3n) is 3.49. The van der Waals surface area contributed by atoms with Crippen molar-refractivity contribution < 1.29 is 14.3 Å². The van der Waals surface area contributed by atoms with E-state index in [-0.39, 0.29) is 11.8 Å². The lowest BCUT2D eigenvalue weighted by molar-refractivity contribution is -0.121. The van der Waals surface area contributed by atoms with Gasteiger partial charge < -0.3 is 15.8 Å². The second kappa shape index (κ2) is 5.54. The molecule has 0 aliphatic heterocycles. The Labute approximate surface area is 122 Å². The molecule has 3 N–H and O–H groups in total. The van der Waals surface area contributed by atoms with E-state index in [0.29, 0.717) is 17.2 Å². The molecule has 5 nitrogen and oxygen atoms in total. The summed E-state index contributed by atoms with van der Waals surface area (Å²) in [6.07, 6.45) is 1.96. The van der Waals surface area contributed by atoms with E-state index in [1.807, 2.05) is 6.92 Å². The molecule has 1 amide bonds. The Hall–Kier alpha value is -1.40. The summed E-state index contributed by atoms with van der Waals surface area (Å²) in [4.78, 5) is 25.1. The number of nitrogens with two attached hydrogens (primary N) is 1. The van der Waals surface area contributed by atoms with Gasteiger partial charge in [0.15, 0.2) is 0 Å². The predicted molar refractivity (Wildman–Crippen MR) is 79.0 cm³/mol. The van der Waals surface area contributed by atoms with Crippen LogP contribution in [0.5, 0.6) is 0 Å². The first-order valence-corrected chi connectivity index (χ1v) is 7.55. The van der Waals surface area contributed by atoms with Crippen LogP contribution in [-0.4, -0.2) is 24.0 Å². The third-order valence-corrected chi connectivity index (χ3v) is 4.46. The Morgan fingerprint density at radius 1 is 1.55 bits per heavy atom. The summed E-state index contributed by atoms with van der Waals surface area (Å²) in [6, 6.07) is 1.73. The van der Waals surface area contributed by atoms with Gasteiger partial charge in [-0.05, 0) is 45.6 Å². The maximum absolute atomic E-state index is 12.3. The Bertz CT molecular complexity index is 533. The van der Waals surface area contributed by atoms with Gasteiger partial charge in [-0.3, -0.25) is 4.79 Å². The molecule has 1 aliphatic rings. The average Bonchev–Trinajstić information content (AvgIpc) is 3.15. The molecule has 0 bridgehead atoms. The molecule has 0 saturated heterocycles. The highest BCUT2D eigenvalue weighted by atomic mass is 32.1. The molecular formula is C14H20N2O3S. The van der Waals surface area contributed by atoms with Crippen molar-refractivity contribution in [3.05, 3.63) is 16.5 Å². The number of amides is 1. The SMILES string of the molecule is CCOC(=O)c1cc(C)sc1NC(=O)C(C)(N)C1CC1. The lowest BCUT2D eigenvalue weighted by Crippen LogP contribution is -2.50. The van der Waals surface area contributed by atoms with Crippen LogP contribution in [0.15, 0.2) is 6.07 Å². The van der Waals surface area contributed by atoms with Crippen molar-refractivity contribution in [2.24, 2.45) is 11.7 Å². The van der Waals surface area contributed by atoms with Gasteiger partial charge in [0, 0.05) is 4.88 Å². The largest absolute Gasteiger partial charge is 0.462 e. The van der Waals surface area contributed by atoms with Crippen LogP contribution in [0.4, 0.5) is 5.00 Å². The van der Waals surface area contributed by atoms with E-state index in [1.54, 1.807) is 19.9 Å². The summed E-state index contributed by atoms with van der Waals surface area (Å²) in [5, 5.41) is 3.30. The maximum atomic E-state index is 12.3. The minimum Gasteiger partial charge on any atom is -0.462 e. The molecule has 1 aromatic rings. The van der Waals surface area contributed by atoms with Crippen molar-refractivity contribution in [3.8, 4) is 0 Å². The van der Waals surface area contributed by atoms with Gasteiger partial charge in [-0.2, -0.15) is 0 Å². The lowest BCUT2D eigenvalue weighted by atomic mass is 9.96. The van der Waals surface area contributed by atoms with Crippen molar-refractivity contribution in [3.63, 3.8) is 0 Å². The van der Waals surface area contributed by atoms with Crippen LogP contribution in [0.3, 0.4) is 0 Å². The van der Waals surface area contributed by atoms with E-state index < -0.39 is 11.5 Å². The van der Waals surface area contributed by atoms with E-state index in [2.05, 4.69) is 5.32 Å². The summed E-state index contributed by atoms with van der Waals surface area (Å²) in [5.41, 5.74) is 5.59. The first-order chi connectivity index (χ1) is 9.36. The van der Waals surface area contributed by atoms with Gasteiger partial charge in [-0.25, -0.2) is 4.79 Å². The third kappa shape index (κ3) is 3.02. The van der Waals surface area contributed by atoms with Crippen LogP contribution in [0.2, 0.25) is 0 Å². The number of anilines is 1. The van der Waals surface area contributed by atoms with E-state index in [1.165, 1.54) is 11.3 Å².